The summed E-state index contributed by atoms with van der Waals surface area (Å²) < 4.78 is 0. The largest absolute Gasteiger partial charge is 0.506 e. The molecule has 0 saturated carbocycles. The van der Waals surface area contributed by atoms with Crippen LogP contribution in [0.15, 0.2) is 48.5 Å². The van der Waals surface area contributed by atoms with Crippen LogP contribution >= 0.6 is 0 Å². The zero-order valence-electron chi connectivity index (χ0n) is 15.8. The first-order valence-corrected chi connectivity index (χ1v) is 8.92. The molecule has 0 aliphatic heterocycles. The smallest absolute Gasteiger partial charge is 0.220 e. The molecule has 0 aliphatic rings. The van der Waals surface area contributed by atoms with E-state index in [4.69, 9.17) is 5.73 Å². The second-order valence-electron chi connectivity index (χ2n) is 7.03. The van der Waals surface area contributed by atoms with Crippen molar-refractivity contribution >= 4 is 11.6 Å². The summed E-state index contributed by atoms with van der Waals surface area (Å²) >= 11 is 0. The minimum atomic E-state index is 0.0494. The summed E-state index contributed by atoms with van der Waals surface area (Å²) in [5.74, 6) is 0.331. The van der Waals surface area contributed by atoms with Gasteiger partial charge in [-0.3, -0.25) is 4.79 Å². The maximum absolute atomic E-state index is 12.3. The maximum Gasteiger partial charge on any atom is 0.220 e. The number of hydrogen-bond acceptors (Lipinski definition) is 4. The van der Waals surface area contributed by atoms with Crippen molar-refractivity contribution in [3.8, 4) is 5.75 Å². The van der Waals surface area contributed by atoms with Crippen LogP contribution in [0.1, 0.15) is 30.4 Å². The Morgan fingerprint density at radius 3 is 2.50 bits per heavy atom. The first kappa shape index (κ1) is 19.8. The topological polar surface area (TPSA) is 78.6 Å². The minimum absolute atomic E-state index is 0.0494. The second-order valence-corrected chi connectivity index (χ2v) is 7.03. The van der Waals surface area contributed by atoms with Gasteiger partial charge in [-0.2, -0.15) is 0 Å². The number of nitrogens with two attached hydrogens (primary N) is 1. The number of amides is 1. The van der Waals surface area contributed by atoms with Gasteiger partial charge in [0.25, 0.3) is 0 Å². The molecule has 2 aromatic rings. The Labute approximate surface area is 155 Å². The average Bonchev–Trinajstić information content (AvgIpc) is 2.62. The number of likely N-dealkylation sites (N-methyl/N-ethyl adjacent to an activating group) is 1. The van der Waals surface area contributed by atoms with Crippen LogP contribution < -0.4 is 11.1 Å². The number of nitrogens with zero attached hydrogens (tertiary/aromatic N) is 1. The Morgan fingerprint density at radius 1 is 1.19 bits per heavy atom. The van der Waals surface area contributed by atoms with E-state index in [1.807, 2.05) is 50.5 Å². The van der Waals surface area contributed by atoms with E-state index in [9.17, 15) is 9.90 Å². The fourth-order valence-corrected chi connectivity index (χ4v) is 2.91. The van der Waals surface area contributed by atoms with E-state index in [-0.39, 0.29) is 23.6 Å². The van der Waals surface area contributed by atoms with Crippen molar-refractivity contribution in [3.63, 3.8) is 0 Å². The molecule has 1 amide bonds. The summed E-state index contributed by atoms with van der Waals surface area (Å²) in [6, 6.07) is 15.5. The number of nitrogens with one attached hydrogen (secondary N) is 1. The van der Waals surface area contributed by atoms with E-state index in [1.54, 1.807) is 12.1 Å². The van der Waals surface area contributed by atoms with E-state index in [2.05, 4.69) is 17.1 Å². The fraction of sp³-hybridized carbons (Fsp3) is 0.381. The number of carbonyl (C=O) groups excluding carboxylic acids is 1. The Bertz CT molecular complexity index is 716. The quantitative estimate of drug-likeness (QED) is 0.502. The average molecular weight is 355 g/mol. The van der Waals surface area contributed by atoms with E-state index in [0.29, 0.717) is 18.7 Å². The van der Waals surface area contributed by atoms with E-state index in [0.717, 1.165) is 12.0 Å². The number of rotatable bonds is 8. The lowest BCUT2D eigenvalue weighted by atomic mass is 9.97. The summed E-state index contributed by atoms with van der Waals surface area (Å²) in [6.07, 6.45) is 1.18. The van der Waals surface area contributed by atoms with Gasteiger partial charge in [-0.05, 0) is 49.7 Å². The van der Waals surface area contributed by atoms with Gasteiger partial charge in [0.2, 0.25) is 5.91 Å². The zero-order valence-corrected chi connectivity index (χ0v) is 15.8. The van der Waals surface area contributed by atoms with Crippen molar-refractivity contribution < 1.29 is 9.90 Å². The molecule has 2 atom stereocenters. The van der Waals surface area contributed by atoms with Gasteiger partial charge in [-0.25, -0.2) is 0 Å². The number of carbonyl (C=O) groups is 1. The molecule has 26 heavy (non-hydrogen) atoms. The summed E-state index contributed by atoms with van der Waals surface area (Å²) in [5.41, 5.74) is 8.19. The normalized spacial score (nSPS) is 13.4. The number of phenolic OH excluding ortho intramolecular Hbond substituents is 1. The molecule has 5 heteroatoms. The van der Waals surface area contributed by atoms with Gasteiger partial charge in [-0.1, -0.05) is 43.3 Å². The van der Waals surface area contributed by atoms with E-state index in [1.165, 1.54) is 5.56 Å². The Morgan fingerprint density at radius 2 is 1.88 bits per heavy atom. The van der Waals surface area contributed by atoms with Crippen LogP contribution in [0, 0.1) is 0 Å². The lowest BCUT2D eigenvalue weighted by Gasteiger charge is -2.25. The van der Waals surface area contributed by atoms with Crippen LogP contribution in [0.4, 0.5) is 5.69 Å². The van der Waals surface area contributed by atoms with Crippen LogP contribution in [0.25, 0.3) is 0 Å². The van der Waals surface area contributed by atoms with Crippen molar-refractivity contribution in [2.75, 3.05) is 26.4 Å². The van der Waals surface area contributed by atoms with E-state index >= 15 is 0 Å². The number of hydrogen-bond donors (Lipinski definition) is 3. The van der Waals surface area contributed by atoms with Crippen LogP contribution in [0.3, 0.4) is 0 Å². The first-order chi connectivity index (χ1) is 12.4. The maximum atomic E-state index is 12.3. The standard InChI is InChI=1S/C21H29N3O2/c1-15(17-7-5-4-6-8-17)11-21(26)23-14-18(24(2)3)12-16-9-10-19(22)20(25)13-16/h4-10,13,15,18,25H,11-12,14,22H2,1-3H3,(H,23,26)/t15-,18-/m0/s1. The van der Waals surface area contributed by atoms with Gasteiger partial charge in [-0.15, -0.1) is 0 Å². The monoisotopic (exact) mass is 355 g/mol. The molecular formula is C21H29N3O2. The molecule has 2 rings (SSSR count). The fourth-order valence-electron chi connectivity index (χ4n) is 2.91. The molecular weight excluding hydrogens is 326 g/mol. The highest BCUT2D eigenvalue weighted by atomic mass is 16.3. The summed E-state index contributed by atoms with van der Waals surface area (Å²) in [7, 11) is 3.97. The van der Waals surface area contributed by atoms with E-state index < -0.39 is 0 Å². The van der Waals surface area contributed by atoms with Gasteiger partial charge in [0.05, 0.1) is 5.69 Å². The van der Waals surface area contributed by atoms with Crippen molar-refractivity contribution in [2.45, 2.75) is 31.7 Å². The Balaban J connectivity index is 1.89. The minimum Gasteiger partial charge on any atom is -0.506 e. The molecule has 0 aromatic heterocycles. The van der Waals surface area contributed by atoms with Crippen molar-refractivity contribution in [1.82, 2.24) is 10.2 Å². The summed E-state index contributed by atoms with van der Waals surface area (Å²) in [5, 5.41) is 12.8. The van der Waals surface area contributed by atoms with Crippen molar-refractivity contribution in [1.29, 1.82) is 0 Å². The molecule has 0 radical (unpaired) electrons. The van der Waals surface area contributed by atoms with Crippen LogP contribution in [0.5, 0.6) is 5.75 Å². The lowest BCUT2D eigenvalue weighted by Crippen LogP contribution is -2.41. The van der Waals surface area contributed by atoms with Gasteiger partial charge >= 0.3 is 0 Å². The molecule has 0 bridgehead atoms. The van der Waals surface area contributed by atoms with Crippen LogP contribution in [-0.4, -0.2) is 42.6 Å². The highest BCUT2D eigenvalue weighted by Gasteiger charge is 2.16. The SMILES string of the molecule is C[C@@H](CC(=O)NC[C@H](Cc1ccc(N)c(O)c1)N(C)C)c1ccccc1. The Hall–Kier alpha value is -2.53. The third-order valence-electron chi connectivity index (χ3n) is 4.69. The van der Waals surface area contributed by atoms with Crippen molar-refractivity contribution in [2.24, 2.45) is 0 Å². The van der Waals surface area contributed by atoms with Gasteiger partial charge < -0.3 is 21.1 Å². The zero-order chi connectivity index (χ0) is 19.1. The summed E-state index contributed by atoms with van der Waals surface area (Å²) in [4.78, 5) is 14.4. The van der Waals surface area contributed by atoms with Crippen LogP contribution in [-0.2, 0) is 11.2 Å². The number of aromatic hydroxyl groups is 1. The molecule has 0 aliphatic carbocycles. The number of phenols is 1. The molecule has 0 heterocycles. The predicted octanol–water partition coefficient (Wildman–Crippen LogP) is 2.76. The molecule has 0 unspecified atom stereocenters. The molecule has 0 spiro atoms. The molecule has 4 N–H and O–H groups in total. The highest BCUT2D eigenvalue weighted by Crippen LogP contribution is 2.22. The third kappa shape index (κ3) is 5.77. The highest BCUT2D eigenvalue weighted by molar-refractivity contribution is 5.76. The Kier molecular flexibility index (Phi) is 7.04. The second kappa shape index (κ2) is 9.25. The first-order valence-electron chi connectivity index (χ1n) is 8.92. The van der Waals surface area contributed by atoms with Crippen LogP contribution in [0.2, 0.25) is 0 Å². The molecule has 140 valence electrons. The van der Waals surface area contributed by atoms with Crippen molar-refractivity contribution in [3.05, 3.63) is 59.7 Å². The predicted molar refractivity (Wildman–Crippen MR) is 106 cm³/mol. The lowest BCUT2D eigenvalue weighted by molar-refractivity contribution is -0.121. The van der Waals surface area contributed by atoms with Gasteiger partial charge in [0, 0.05) is 19.0 Å². The summed E-state index contributed by atoms with van der Waals surface area (Å²) in [6.45, 7) is 2.62. The third-order valence-corrected chi connectivity index (χ3v) is 4.69. The molecule has 0 saturated heterocycles. The molecule has 5 nitrogen and oxygen atoms in total. The molecule has 2 aromatic carbocycles. The number of nitrogen functional groups attached to an aromatic ring is 1. The van der Waals surface area contributed by atoms with Gasteiger partial charge in [0.1, 0.15) is 5.75 Å². The molecule has 0 fully saturated rings. The number of benzene rings is 2. The van der Waals surface area contributed by atoms with Gasteiger partial charge in [0.15, 0.2) is 0 Å². The number of anilines is 1.